The number of alkyl halides is 3. The highest BCUT2D eigenvalue weighted by Crippen LogP contribution is 2.32. The van der Waals surface area contributed by atoms with Gasteiger partial charge in [-0.3, -0.25) is 0 Å². The van der Waals surface area contributed by atoms with E-state index in [1.165, 1.54) is 6.07 Å². The molecule has 2 rings (SSSR count). The molecule has 0 spiro atoms. The Bertz CT molecular complexity index is 468. The van der Waals surface area contributed by atoms with Crippen LogP contribution in [0.25, 0.3) is 0 Å². The second-order valence-electron chi connectivity index (χ2n) is 4.50. The fourth-order valence-electron chi connectivity index (χ4n) is 2.23. The number of nitrogens with zero attached hydrogens (tertiary/aromatic N) is 1. The molecule has 1 aliphatic carbocycles. The lowest BCUT2D eigenvalue weighted by atomic mass is 10.1. The molecule has 0 aliphatic heterocycles. The van der Waals surface area contributed by atoms with E-state index in [0.717, 1.165) is 37.8 Å². The predicted molar refractivity (Wildman–Crippen MR) is 62.0 cm³/mol. The van der Waals surface area contributed by atoms with Gasteiger partial charge in [-0.15, -0.1) is 0 Å². The Balaban J connectivity index is 2.23. The van der Waals surface area contributed by atoms with Gasteiger partial charge in [-0.2, -0.15) is 18.4 Å². The van der Waals surface area contributed by atoms with E-state index < -0.39 is 11.7 Å². The number of benzene rings is 1. The topological polar surface area (TPSA) is 35.8 Å². The number of anilines is 1. The van der Waals surface area contributed by atoms with Crippen molar-refractivity contribution in [3.8, 4) is 6.07 Å². The SMILES string of the molecule is N#Cc1cc(C(F)(F)F)ccc1NC1CCCC1. The molecule has 5 heteroatoms. The predicted octanol–water partition coefficient (Wildman–Crippen LogP) is 3.93. The van der Waals surface area contributed by atoms with Crippen LogP contribution < -0.4 is 5.32 Å². The van der Waals surface area contributed by atoms with Crippen molar-refractivity contribution >= 4 is 5.69 Å². The van der Waals surface area contributed by atoms with Crippen LogP contribution in [-0.4, -0.2) is 6.04 Å². The molecule has 1 fully saturated rings. The first-order chi connectivity index (χ1) is 8.50. The van der Waals surface area contributed by atoms with E-state index in [1.54, 1.807) is 0 Å². The summed E-state index contributed by atoms with van der Waals surface area (Å²) < 4.78 is 37.5. The molecule has 0 bridgehead atoms. The van der Waals surface area contributed by atoms with Gasteiger partial charge in [0.1, 0.15) is 6.07 Å². The first-order valence-electron chi connectivity index (χ1n) is 5.88. The van der Waals surface area contributed by atoms with Gasteiger partial charge in [0.25, 0.3) is 0 Å². The van der Waals surface area contributed by atoms with Gasteiger partial charge >= 0.3 is 6.18 Å². The molecule has 0 radical (unpaired) electrons. The fourth-order valence-corrected chi connectivity index (χ4v) is 2.23. The maximum Gasteiger partial charge on any atom is 0.416 e. The lowest BCUT2D eigenvalue weighted by molar-refractivity contribution is -0.137. The van der Waals surface area contributed by atoms with Gasteiger partial charge in [0.15, 0.2) is 0 Å². The minimum absolute atomic E-state index is 0.0525. The Hall–Kier alpha value is -1.70. The number of nitriles is 1. The molecule has 0 saturated heterocycles. The molecule has 1 saturated carbocycles. The van der Waals surface area contributed by atoms with Crippen LogP contribution >= 0.6 is 0 Å². The maximum absolute atomic E-state index is 12.5. The third kappa shape index (κ3) is 2.76. The average molecular weight is 254 g/mol. The van der Waals surface area contributed by atoms with E-state index in [1.807, 2.05) is 6.07 Å². The van der Waals surface area contributed by atoms with Crippen LogP contribution in [0, 0.1) is 11.3 Å². The van der Waals surface area contributed by atoms with Crippen LogP contribution in [0.15, 0.2) is 18.2 Å². The molecule has 1 aliphatic rings. The zero-order chi connectivity index (χ0) is 13.2. The minimum Gasteiger partial charge on any atom is -0.381 e. The highest BCUT2D eigenvalue weighted by Gasteiger charge is 2.31. The smallest absolute Gasteiger partial charge is 0.381 e. The number of nitrogens with one attached hydrogen (secondary N) is 1. The van der Waals surface area contributed by atoms with Crippen LogP contribution in [0.5, 0.6) is 0 Å². The van der Waals surface area contributed by atoms with E-state index in [9.17, 15) is 13.2 Å². The Morgan fingerprint density at radius 1 is 1.22 bits per heavy atom. The Morgan fingerprint density at radius 2 is 1.89 bits per heavy atom. The van der Waals surface area contributed by atoms with Gasteiger partial charge in [-0.05, 0) is 31.0 Å². The fraction of sp³-hybridized carbons (Fsp3) is 0.462. The summed E-state index contributed by atoms with van der Waals surface area (Å²) >= 11 is 0. The number of rotatable bonds is 2. The molecule has 1 aromatic carbocycles. The highest BCUT2D eigenvalue weighted by atomic mass is 19.4. The Morgan fingerprint density at radius 3 is 2.44 bits per heavy atom. The first-order valence-corrected chi connectivity index (χ1v) is 5.88. The van der Waals surface area contributed by atoms with Gasteiger partial charge in [0.2, 0.25) is 0 Å². The largest absolute Gasteiger partial charge is 0.416 e. The van der Waals surface area contributed by atoms with Crippen molar-refractivity contribution in [2.24, 2.45) is 0 Å². The molecular formula is C13H13F3N2. The van der Waals surface area contributed by atoms with Gasteiger partial charge in [0, 0.05) is 6.04 Å². The number of halogens is 3. The van der Waals surface area contributed by atoms with Crippen LogP contribution in [0.4, 0.5) is 18.9 Å². The monoisotopic (exact) mass is 254 g/mol. The van der Waals surface area contributed by atoms with Gasteiger partial charge in [0.05, 0.1) is 16.8 Å². The molecule has 0 atom stereocenters. The molecule has 2 nitrogen and oxygen atoms in total. The molecule has 0 heterocycles. The quantitative estimate of drug-likeness (QED) is 0.867. The van der Waals surface area contributed by atoms with E-state index in [-0.39, 0.29) is 11.6 Å². The minimum atomic E-state index is -4.41. The van der Waals surface area contributed by atoms with Crippen LogP contribution in [0.1, 0.15) is 36.8 Å². The second-order valence-corrected chi connectivity index (χ2v) is 4.50. The van der Waals surface area contributed by atoms with Gasteiger partial charge in [-0.25, -0.2) is 0 Å². The van der Waals surface area contributed by atoms with Crippen molar-refractivity contribution in [2.45, 2.75) is 37.9 Å². The van der Waals surface area contributed by atoms with E-state index >= 15 is 0 Å². The van der Waals surface area contributed by atoms with Crippen LogP contribution in [0.3, 0.4) is 0 Å². The van der Waals surface area contributed by atoms with Crippen molar-refractivity contribution < 1.29 is 13.2 Å². The summed E-state index contributed by atoms with van der Waals surface area (Å²) in [4.78, 5) is 0. The normalized spacial score (nSPS) is 16.6. The molecule has 0 aromatic heterocycles. The van der Waals surface area contributed by atoms with E-state index in [4.69, 9.17) is 5.26 Å². The van der Waals surface area contributed by atoms with Crippen molar-refractivity contribution in [1.82, 2.24) is 0 Å². The molecule has 18 heavy (non-hydrogen) atoms. The van der Waals surface area contributed by atoms with Crippen molar-refractivity contribution in [3.63, 3.8) is 0 Å². The Kier molecular flexibility index (Phi) is 3.46. The molecule has 0 amide bonds. The molecule has 1 aromatic rings. The van der Waals surface area contributed by atoms with E-state index in [0.29, 0.717) is 5.69 Å². The molecular weight excluding hydrogens is 241 g/mol. The van der Waals surface area contributed by atoms with E-state index in [2.05, 4.69) is 5.32 Å². The van der Waals surface area contributed by atoms with Crippen LogP contribution in [0.2, 0.25) is 0 Å². The maximum atomic E-state index is 12.5. The van der Waals surface area contributed by atoms with Crippen LogP contribution in [-0.2, 0) is 6.18 Å². The zero-order valence-corrected chi connectivity index (χ0v) is 9.72. The third-order valence-electron chi connectivity index (χ3n) is 3.18. The summed E-state index contributed by atoms with van der Waals surface area (Å²) in [6, 6.07) is 5.35. The van der Waals surface area contributed by atoms with Crippen molar-refractivity contribution in [2.75, 3.05) is 5.32 Å². The summed E-state index contributed by atoms with van der Waals surface area (Å²) in [5.74, 6) is 0. The summed E-state index contributed by atoms with van der Waals surface area (Å²) in [6.07, 6.45) is -0.143. The molecule has 96 valence electrons. The highest BCUT2D eigenvalue weighted by molar-refractivity contribution is 5.59. The van der Waals surface area contributed by atoms with Gasteiger partial charge < -0.3 is 5.32 Å². The van der Waals surface area contributed by atoms with Gasteiger partial charge in [-0.1, -0.05) is 12.8 Å². The summed E-state index contributed by atoms with van der Waals surface area (Å²) in [5, 5.41) is 12.1. The summed E-state index contributed by atoms with van der Waals surface area (Å²) in [7, 11) is 0. The summed E-state index contributed by atoms with van der Waals surface area (Å²) in [5.41, 5.74) is -0.231. The molecule has 1 N–H and O–H groups in total. The standard InChI is InChI=1S/C13H13F3N2/c14-13(15,16)10-5-6-12(9(7-10)8-17)18-11-3-1-2-4-11/h5-7,11,18H,1-4H2. The Labute approximate surface area is 103 Å². The second kappa shape index (κ2) is 4.89. The summed E-state index contributed by atoms with van der Waals surface area (Å²) in [6.45, 7) is 0. The first kappa shape index (κ1) is 12.7. The van der Waals surface area contributed by atoms with Crippen molar-refractivity contribution in [3.05, 3.63) is 29.3 Å². The number of hydrogen-bond acceptors (Lipinski definition) is 2. The average Bonchev–Trinajstić information content (AvgIpc) is 2.81. The lowest BCUT2D eigenvalue weighted by Crippen LogP contribution is -2.16. The molecule has 0 unspecified atom stereocenters. The third-order valence-corrected chi connectivity index (χ3v) is 3.18. The van der Waals surface area contributed by atoms with Crippen molar-refractivity contribution in [1.29, 1.82) is 5.26 Å². The zero-order valence-electron chi connectivity index (χ0n) is 9.72. The number of hydrogen-bond donors (Lipinski definition) is 1. The lowest BCUT2D eigenvalue weighted by Gasteiger charge is -2.16.